The maximum atomic E-state index is 12.3. The lowest BCUT2D eigenvalue weighted by Gasteiger charge is -2.03. The smallest absolute Gasteiger partial charge is 0.269 e. The van der Waals surface area contributed by atoms with Crippen LogP contribution < -0.4 is 9.47 Å². The second-order valence-corrected chi connectivity index (χ2v) is 4.89. The summed E-state index contributed by atoms with van der Waals surface area (Å²) in [6.45, 7) is -0.0990. The van der Waals surface area contributed by atoms with E-state index in [1.165, 1.54) is 30.3 Å². The summed E-state index contributed by atoms with van der Waals surface area (Å²) in [4.78, 5) is 22.5. The molecule has 1 aliphatic rings. The van der Waals surface area contributed by atoms with Crippen LogP contribution in [0.5, 0.6) is 11.5 Å². The number of Topliss-reactive ketones (excluding diaryl/α,β-unsaturated/α-hetero) is 1. The number of non-ortho nitro benzene ring substituents is 1. The lowest BCUT2D eigenvalue weighted by Crippen LogP contribution is -1.98. The van der Waals surface area contributed by atoms with E-state index in [1.807, 2.05) is 6.07 Å². The number of hydrogen-bond donors (Lipinski definition) is 0. The van der Waals surface area contributed by atoms with Crippen LogP contribution in [0.15, 0.2) is 48.2 Å². The van der Waals surface area contributed by atoms with E-state index >= 15 is 0 Å². The van der Waals surface area contributed by atoms with Crippen molar-refractivity contribution in [3.63, 3.8) is 0 Å². The molecule has 0 saturated carbocycles. The molecule has 24 heavy (non-hydrogen) atoms. The number of rotatable bonds is 4. The van der Waals surface area contributed by atoms with Crippen molar-refractivity contribution in [2.75, 3.05) is 6.61 Å². The Labute approximate surface area is 136 Å². The zero-order chi connectivity index (χ0) is 17.1. The Balaban J connectivity index is 1.84. The van der Waals surface area contributed by atoms with Crippen molar-refractivity contribution in [1.29, 1.82) is 5.26 Å². The van der Waals surface area contributed by atoms with Gasteiger partial charge in [0, 0.05) is 18.2 Å². The van der Waals surface area contributed by atoms with Crippen LogP contribution in [0, 0.1) is 21.4 Å². The summed E-state index contributed by atoms with van der Waals surface area (Å²) in [5.74, 6) is 0.620. The molecule has 0 spiro atoms. The second kappa shape index (κ2) is 6.22. The first-order valence-corrected chi connectivity index (χ1v) is 6.91. The molecule has 0 radical (unpaired) electrons. The first-order valence-electron chi connectivity index (χ1n) is 6.91. The van der Waals surface area contributed by atoms with Crippen LogP contribution in [0.3, 0.4) is 0 Å². The highest BCUT2D eigenvalue weighted by Gasteiger charge is 2.27. The Kier molecular flexibility index (Phi) is 3.95. The maximum absolute atomic E-state index is 12.3. The molecule has 0 N–H and O–H groups in total. The molecule has 1 heterocycles. The van der Waals surface area contributed by atoms with Crippen molar-refractivity contribution in [3.05, 3.63) is 69.5 Å². The third-order valence-electron chi connectivity index (χ3n) is 3.35. The highest BCUT2D eigenvalue weighted by Crippen LogP contribution is 2.34. The van der Waals surface area contributed by atoms with Gasteiger partial charge >= 0.3 is 0 Å². The molecule has 2 aromatic rings. The molecule has 3 rings (SSSR count). The SMILES string of the molecule is N#CCOc1ccc2c(c1)OC(=Cc1ccc([N+](=O)[O-])cc1)C2=O. The summed E-state index contributed by atoms with van der Waals surface area (Å²) >= 11 is 0. The average Bonchev–Trinajstić information content (AvgIpc) is 2.89. The minimum atomic E-state index is -0.493. The van der Waals surface area contributed by atoms with Gasteiger partial charge in [-0.15, -0.1) is 0 Å². The second-order valence-electron chi connectivity index (χ2n) is 4.89. The largest absolute Gasteiger partial charge is 0.479 e. The zero-order valence-electron chi connectivity index (χ0n) is 12.3. The van der Waals surface area contributed by atoms with Crippen molar-refractivity contribution in [3.8, 4) is 17.6 Å². The first-order chi connectivity index (χ1) is 11.6. The molecule has 0 amide bonds. The van der Waals surface area contributed by atoms with Gasteiger partial charge in [-0.05, 0) is 35.9 Å². The molecule has 118 valence electrons. The van der Waals surface area contributed by atoms with E-state index in [0.717, 1.165) is 0 Å². The molecular formula is C17H10N2O5. The number of nitrogens with zero attached hydrogens (tertiary/aromatic N) is 2. The van der Waals surface area contributed by atoms with E-state index < -0.39 is 4.92 Å². The Morgan fingerprint density at radius 1 is 1.25 bits per heavy atom. The van der Waals surface area contributed by atoms with Gasteiger partial charge in [0.05, 0.1) is 10.5 Å². The van der Waals surface area contributed by atoms with Gasteiger partial charge in [0.25, 0.3) is 5.69 Å². The van der Waals surface area contributed by atoms with Crippen molar-refractivity contribution in [2.45, 2.75) is 0 Å². The molecule has 0 saturated heterocycles. The number of benzene rings is 2. The number of nitro groups is 1. The number of ketones is 1. The van der Waals surface area contributed by atoms with Crippen molar-refractivity contribution >= 4 is 17.5 Å². The van der Waals surface area contributed by atoms with Gasteiger partial charge in [0.2, 0.25) is 5.78 Å². The van der Waals surface area contributed by atoms with Gasteiger partial charge in [-0.25, -0.2) is 0 Å². The monoisotopic (exact) mass is 322 g/mol. The van der Waals surface area contributed by atoms with E-state index in [2.05, 4.69) is 0 Å². The number of allylic oxidation sites excluding steroid dienone is 1. The maximum Gasteiger partial charge on any atom is 0.269 e. The van der Waals surface area contributed by atoms with E-state index in [-0.39, 0.29) is 23.8 Å². The van der Waals surface area contributed by atoms with Crippen LogP contribution in [-0.4, -0.2) is 17.3 Å². The van der Waals surface area contributed by atoms with Crippen LogP contribution in [0.4, 0.5) is 5.69 Å². The van der Waals surface area contributed by atoms with Gasteiger partial charge < -0.3 is 9.47 Å². The molecule has 0 bridgehead atoms. The molecule has 0 fully saturated rings. The summed E-state index contributed by atoms with van der Waals surface area (Å²) in [7, 11) is 0. The fourth-order valence-electron chi connectivity index (χ4n) is 2.22. The van der Waals surface area contributed by atoms with Crippen molar-refractivity contribution in [2.24, 2.45) is 0 Å². The predicted octanol–water partition coefficient (Wildman–Crippen LogP) is 3.11. The molecule has 7 heteroatoms. The van der Waals surface area contributed by atoms with E-state index in [1.54, 1.807) is 18.2 Å². The Hall–Kier alpha value is -3.66. The molecule has 0 aliphatic carbocycles. The number of nitriles is 1. The van der Waals surface area contributed by atoms with Gasteiger partial charge in [0.1, 0.15) is 17.6 Å². The number of carbonyl (C=O) groups is 1. The average molecular weight is 322 g/mol. The fraction of sp³-hybridized carbons (Fsp3) is 0.0588. The normalized spacial score (nSPS) is 14.0. The Morgan fingerprint density at radius 2 is 2.00 bits per heavy atom. The summed E-state index contributed by atoms with van der Waals surface area (Å²) in [6, 6.07) is 12.3. The predicted molar refractivity (Wildman–Crippen MR) is 83.6 cm³/mol. The number of nitro benzene ring substituents is 1. The molecule has 7 nitrogen and oxygen atoms in total. The Bertz CT molecular complexity index is 894. The standard InChI is InChI=1S/C17H10N2O5/c18-7-8-23-13-5-6-14-15(10-13)24-16(17(14)20)9-11-1-3-12(4-2-11)19(21)22/h1-6,9-10H,8H2. The van der Waals surface area contributed by atoms with Crippen molar-refractivity contribution in [1.82, 2.24) is 0 Å². The van der Waals surface area contributed by atoms with Crippen LogP contribution in [0.1, 0.15) is 15.9 Å². The zero-order valence-corrected chi connectivity index (χ0v) is 12.3. The topological polar surface area (TPSA) is 102 Å². The van der Waals surface area contributed by atoms with Gasteiger partial charge in [0.15, 0.2) is 12.4 Å². The van der Waals surface area contributed by atoms with Crippen LogP contribution in [0.2, 0.25) is 0 Å². The highest BCUT2D eigenvalue weighted by molar-refractivity contribution is 6.14. The highest BCUT2D eigenvalue weighted by atomic mass is 16.6. The van der Waals surface area contributed by atoms with Crippen LogP contribution in [-0.2, 0) is 0 Å². The number of carbonyl (C=O) groups excluding carboxylic acids is 1. The minimum Gasteiger partial charge on any atom is -0.479 e. The van der Waals surface area contributed by atoms with Crippen molar-refractivity contribution < 1.29 is 19.2 Å². The third kappa shape index (κ3) is 2.94. The number of fused-ring (bicyclic) bond motifs is 1. The fourth-order valence-corrected chi connectivity index (χ4v) is 2.22. The van der Waals surface area contributed by atoms with E-state index in [9.17, 15) is 14.9 Å². The van der Waals surface area contributed by atoms with Crippen LogP contribution >= 0.6 is 0 Å². The lowest BCUT2D eigenvalue weighted by atomic mass is 10.1. The molecule has 0 aromatic heterocycles. The third-order valence-corrected chi connectivity index (χ3v) is 3.35. The summed E-state index contributed by atoms with van der Waals surface area (Å²) in [6.07, 6.45) is 1.52. The van der Waals surface area contributed by atoms with E-state index in [4.69, 9.17) is 14.7 Å². The molecule has 0 unspecified atom stereocenters. The molecular weight excluding hydrogens is 312 g/mol. The molecule has 0 atom stereocenters. The lowest BCUT2D eigenvalue weighted by molar-refractivity contribution is -0.384. The summed E-state index contributed by atoms with van der Waals surface area (Å²) in [5, 5.41) is 19.2. The van der Waals surface area contributed by atoms with Crippen LogP contribution in [0.25, 0.3) is 6.08 Å². The number of ether oxygens (including phenoxy) is 2. The molecule has 1 aliphatic heterocycles. The Morgan fingerprint density at radius 3 is 2.67 bits per heavy atom. The first kappa shape index (κ1) is 15.2. The quantitative estimate of drug-likeness (QED) is 0.487. The summed E-state index contributed by atoms with van der Waals surface area (Å²) in [5.41, 5.74) is 0.976. The summed E-state index contributed by atoms with van der Waals surface area (Å²) < 4.78 is 10.7. The minimum absolute atomic E-state index is 0.0293. The molecule has 2 aromatic carbocycles. The van der Waals surface area contributed by atoms with Gasteiger partial charge in [-0.1, -0.05) is 0 Å². The van der Waals surface area contributed by atoms with E-state index in [0.29, 0.717) is 22.6 Å². The number of hydrogen-bond acceptors (Lipinski definition) is 6. The van der Waals surface area contributed by atoms with Gasteiger partial charge in [-0.3, -0.25) is 14.9 Å². The van der Waals surface area contributed by atoms with Gasteiger partial charge in [-0.2, -0.15) is 5.26 Å².